The number of nitrogens with one attached hydrogen (secondary N) is 2. The number of likely N-dealkylation sites (N-methyl/N-ethyl adjacent to an activating group) is 1. The van der Waals surface area contributed by atoms with Crippen molar-refractivity contribution in [2.24, 2.45) is 4.99 Å². The van der Waals surface area contributed by atoms with Gasteiger partial charge in [0.25, 0.3) is 0 Å². The molecule has 0 spiro atoms. The van der Waals surface area contributed by atoms with E-state index in [0.717, 1.165) is 36.6 Å². The first-order valence-electron chi connectivity index (χ1n) is 11.4. The number of guanidine groups is 1. The van der Waals surface area contributed by atoms with Crippen molar-refractivity contribution in [3.8, 4) is 5.75 Å². The molecule has 1 amide bonds. The second-order valence-electron chi connectivity index (χ2n) is 8.48. The largest absolute Gasteiger partial charge is 0.493 e. The molecule has 9 heteroatoms. The molecule has 0 radical (unpaired) electrons. The minimum absolute atomic E-state index is 0. The number of furan rings is 1. The fourth-order valence-electron chi connectivity index (χ4n) is 4.23. The van der Waals surface area contributed by atoms with E-state index in [0.29, 0.717) is 19.1 Å². The number of para-hydroxylation sites is 1. The summed E-state index contributed by atoms with van der Waals surface area (Å²) in [5.74, 6) is 2.42. The molecule has 8 nitrogen and oxygen atoms in total. The molecular weight excluding hydrogens is 533 g/mol. The molecule has 33 heavy (non-hydrogen) atoms. The molecule has 2 unspecified atom stereocenters. The molecule has 1 fully saturated rings. The molecule has 1 saturated heterocycles. The van der Waals surface area contributed by atoms with Crippen molar-refractivity contribution < 1.29 is 13.9 Å². The number of benzene rings is 1. The van der Waals surface area contributed by atoms with E-state index in [9.17, 15) is 4.79 Å². The Morgan fingerprint density at radius 2 is 2.00 bits per heavy atom. The fourth-order valence-corrected chi connectivity index (χ4v) is 4.23. The molecule has 0 saturated carbocycles. The monoisotopic (exact) mass is 567 g/mol. The second kappa shape index (κ2) is 12.3. The van der Waals surface area contributed by atoms with Crippen molar-refractivity contribution in [3.63, 3.8) is 0 Å². The number of aliphatic imine (C=N–C) groups is 1. The van der Waals surface area contributed by atoms with E-state index in [-0.39, 0.29) is 48.5 Å². The standard InChI is InChI=1S/C24H33N5O3.HI/c1-28(2)23(30)17-26-24(27-19-11-15-32-21-9-4-3-8-18(19)21)25-16-20(22-10-7-14-31-22)29-12-5-6-13-29;/h3-4,7-10,14,19-20H,5-6,11-13,15-17H2,1-2H3,(H2,25,26,27);1H. The molecular formula is C24H34IN5O3. The zero-order valence-corrected chi connectivity index (χ0v) is 21.7. The SMILES string of the molecule is CN(C)C(=O)CN=C(NCC(c1ccco1)N1CCCC1)NC1CCOc2ccccc21.I. The number of hydrogen-bond acceptors (Lipinski definition) is 5. The Morgan fingerprint density at radius 3 is 2.73 bits per heavy atom. The van der Waals surface area contributed by atoms with Gasteiger partial charge in [0.15, 0.2) is 5.96 Å². The van der Waals surface area contributed by atoms with Gasteiger partial charge in [0.05, 0.1) is 25.0 Å². The third-order valence-corrected chi connectivity index (χ3v) is 6.06. The van der Waals surface area contributed by atoms with Gasteiger partial charge >= 0.3 is 0 Å². The van der Waals surface area contributed by atoms with Gasteiger partial charge in [-0.05, 0) is 44.1 Å². The summed E-state index contributed by atoms with van der Waals surface area (Å²) in [6, 6.07) is 12.2. The van der Waals surface area contributed by atoms with E-state index in [1.165, 1.54) is 12.8 Å². The molecule has 1 aromatic carbocycles. The van der Waals surface area contributed by atoms with Crippen molar-refractivity contribution in [2.75, 3.05) is 46.9 Å². The number of carbonyl (C=O) groups is 1. The summed E-state index contributed by atoms with van der Waals surface area (Å²) in [5, 5.41) is 7.02. The lowest BCUT2D eigenvalue weighted by molar-refractivity contribution is -0.127. The maximum Gasteiger partial charge on any atom is 0.243 e. The van der Waals surface area contributed by atoms with Gasteiger partial charge in [-0.25, -0.2) is 4.99 Å². The molecule has 0 aliphatic carbocycles. The third kappa shape index (κ3) is 6.63. The molecule has 1 aromatic heterocycles. The molecule has 2 aromatic rings. The van der Waals surface area contributed by atoms with Crippen LogP contribution in [-0.4, -0.2) is 68.5 Å². The Kier molecular flexibility index (Phi) is 9.42. The number of ether oxygens (including phenoxy) is 1. The highest BCUT2D eigenvalue weighted by atomic mass is 127. The van der Waals surface area contributed by atoms with Crippen molar-refractivity contribution in [1.29, 1.82) is 0 Å². The summed E-state index contributed by atoms with van der Waals surface area (Å²) in [5.41, 5.74) is 1.11. The molecule has 0 bridgehead atoms. The molecule has 180 valence electrons. The normalized spacial score (nSPS) is 19.1. The van der Waals surface area contributed by atoms with E-state index < -0.39 is 0 Å². The van der Waals surface area contributed by atoms with Crippen LogP contribution in [0.5, 0.6) is 5.75 Å². The Hall–Kier alpha value is -2.27. The number of carbonyl (C=O) groups excluding carboxylic acids is 1. The van der Waals surface area contributed by atoms with Crippen LogP contribution in [0.4, 0.5) is 0 Å². The Balaban J connectivity index is 0.00000306. The summed E-state index contributed by atoms with van der Waals surface area (Å²) >= 11 is 0. The lowest BCUT2D eigenvalue weighted by Gasteiger charge is -2.30. The first-order valence-corrected chi connectivity index (χ1v) is 11.4. The zero-order valence-electron chi connectivity index (χ0n) is 19.3. The highest BCUT2D eigenvalue weighted by molar-refractivity contribution is 14.0. The lowest BCUT2D eigenvalue weighted by Crippen LogP contribution is -2.45. The first-order chi connectivity index (χ1) is 15.6. The number of nitrogens with zero attached hydrogens (tertiary/aromatic N) is 3. The van der Waals surface area contributed by atoms with Gasteiger partial charge in [-0.2, -0.15) is 0 Å². The maximum atomic E-state index is 12.2. The second-order valence-corrected chi connectivity index (χ2v) is 8.48. The van der Waals surface area contributed by atoms with Crippen LogP contribution in [0.3, 0.4) is 0 Å². The van der Waals surface area contributed by atoms with Crippen molar-refractivity contribution in [1.82, 2.24) is 20.4 Å². The lowest BCUT2D eigenvalue weighted by atomic mass is 10.0. The van der Waals surface area contributed by atoms with Gasteiger partial charge in [-0.1, -0.05) is 18.2 Å². The van der Waals surface area contributed by atoms with Crippen LogP contribution in [-0.2, 0) is 4.79 Å². The minimum atomic E-state index is -0.0411. The van der Waals surface area contributed by atoms with Crippen molar-refractivity contribution in [3.05, 3.63) is 54.0 Å². The average Bonchev–Trinajstić information content (AvgIpc) is 3.52. The van der Waals surface area contributed by atoms with E-state index >= 15 is 0 Å². The quantitative estimate of drug-likeness (QED) is 0.304. The third-order valence-electron chi connectivity index (χ3n) is 6.06. The Bertz CT molecular complexity index is 913. The van der Waals surface area contributed by atoms with Gasteiger partial charge < -0.3 is 24.7 Å². The van der Waals surface area contributed by atoms with Gasteiger partial charge in [0.2, 0.25) is 5.91 Å². The van der Waals surface area contributed by atoms with E-state index in [2.05, 4.69) is 26.6 Å². The van der Waals surface area contributed by atoms with Crippen LogP contribution in [0.25, 0.3) is 0 Å². The van der Waals surface area contributed by atoms with Gasteiger partial charge in [0.1, 0.15) is 18.1 Å². The van der Waals surface area contributed by atoms with Crippen molar-refractivity contribution in [2.45, 2.75) is 31.3 Å². The minimum Gasteiger partial charge on any atom is -0.493 e. The maximum absolute atomic E-state index is 12.2. The smallest absolute Gasteiger partial charge is 0.243 e. The van der Waals surface area contributed by atoms with Crippen LogP contribution in [0.1, 0.15) is 42.7 Å². The first kappa shape index (κ1) is 25.4. The number of rotatable bonds is 7. The van der Waals surface area contributed by atoms with Crippen molar-refractivity contribution >= 4 is 35.8 Å². The summed E-state index contributed by atoms with van der Waals surface area (Å²) in [7, 11) is 3.49. The number of amides is 1. The summed E-state index contributed by atoms with van der Waals surface area (Å²) in [4.78, 5) is 20.8. The number of halogens is 1. The summed E-state index contributed by atoms with van der Waals surface area (Å²) in [6.07, 6.45) is 4.95. The molecule has 2 aliphatic rings. The molecule has 2 atom stereocenters. The van der Waals surface area contributed by atoms with E-state index in [1.807, 2.05) is 30.3 Å². The topological polar surface area (TPSA) is 82.3 Å². The van der Waals surface area contributed by atoms with Gasteiger partial charge in [-0.3, -0.25) is 9.69 Å². The van der Waals surface area contributed by atoms with Crippen LogP contribution < -0.4 is 15.4 Å². The van der Waals surface area contributed by atoms with E-state index in [4.69, 9.17) is 9.15 Å². The summed E-state index contributed by atoms with van der Waals surface area (Å²) < 4.78 is 11.5. The molecule has 3 heterocycles. The zero-order chi connectivity index (χ0) is 22.3. The molecule has 2 N–H and O–H groups in total. The molecule has 4 rings (SSSR count). The van der Waals surface area contributed by atoms with Gasteiger partial charge in [-0.15, -0.1) is 24.0 Å². The Morgan fingerprint density at radius 1 is 1.21 bits per heavy atom. The summed E-state index contributed by atoms with van der Waals surface area (Å²) in [6.45, 7) is 3.48. The highest BCUT2D eigenvalue weighted by Crippen LogP contribution is 2.31. The number of hydrogen-bond donors (Lipinski definition) is 2. The van der Waals surface area contributed by atoms with Gasteiger partial charge in [0, 0.05) is 32.6 Å². The van der Waals surface area contributed by atoms with Crippen LogP contribution in [0, 0.1) is 0 Å². The van der Waals surface area contributed by atoms with E-state index in [1.54, 1.807) is 25.3 Å². The van der Waals surface area contributed by atoms with Crippen LogP contribution in [0.15, 0.2) is 52.1 Å². The highest BCUT2D eigenvalue weighted by Gasteiger charge is 2.27. The number of fused-ring (bicyclic) bond motifs is 1. The number of likely N-dealkylation sites (tertiary alicyclic amines) is 1. The van der Waals surface area contributed by atoms with Crippen LogP contribution in [0.2, 0.25) is 0 Å². The Labute approximate surface area is 212 Å². The average molecular weight is 567 g/mol. The predicted octanol–water partition coefficient (Wildman–Crippen LogP) is 3.18. The fraction of sp³-hybridized carbons (Fsp3) is 0.500. The van der Waals surface area contributed by atoms with Crippen LogP contribution >= 0.6 is 24.0 Å². The predicted molar refractivity (Wildman–Crippen MR) is 139 cm³/mol. The molecule has 2 aliphatic heterocycles.